The number of nitrogens with zero attached hydrogens (tertiary/aromatic N) is 12. The number of imidazole rings is 3. The molecule has 0 spiro atoms. The molecule has 0 saturated heterocycles. The van der Waals surface area contributed by atoms with Gasteiger partial charge in [0.15, 0.2) is 0 Å². The summed E-state index contributed by atoms with van der Waals surface area (Å²) in [5, 5.41) is 33.6. The van der Waals surface area contributed by atoms with Crippen LogP contribution in [0.15, 0.2) is 176 Å². The van der Waals surface area contributed by atoms with Crippen molar-refractivity contribution in [3.63, 3.8) is 0 Å². The maximum atomic E-state index is 9.22. The van der Waals surface area contributed by atoms with Crippen molar-refractivity contribution in [1.29, 1.82) is 0 Å². The maximum absolute atomic E-state index is 9.22. The predicted molar refractivity (Wildman–Crippen MR) is 336 cm³/mol. The molecule has 4 N–H and O–H groups in total. The van der Waals surface area contributed by atoms with Gasteiger partial charge < -0.3 is 30.2 Å². The lowest BCUT2D eigenvalue weighted by Crippen LogP contribution is -2.26. The number of thiol groups is 1. The van der Waals surface area contributed by atoms with Crippen molar-refractivity contribution in [2.45, 2.75) is 7.43 Å². The van der Waals surface area contributed by atoms with E-state index in [4.69, 9.17) is 10.5 Å². The van der Waals surface area contributed by atoms with Crippen LogP contribution in [0.1, 0.15) is 7.43 Å². The molecule has 0 atom stereocenters. The molecule has 24 nitrogen and oxygen atoms in total. The van der Waals surface area contributed by atoms with Gasteiger partial charge in [0, 0.05) is 63.6 Å². The van der Waals surface area contributed by atoms with Crippen molar-refractivity contribution in [2.24, 2.45) is 78.7 Å². The SMILES string of the molecule is C.COS(=O)(=O)[O-].COS(=O)(=O)[O-].COc1ccc(N=Nc2n(C)c3ccccc3[n+]2C)cc1.Cn1c(N=Nc2ccc(NCCSSCCNc3ccc(N=Nc4n(C)c5ccccc5[n+]4C)cc3)cc2)[n+](C)c2ccccc21.NCCS. The van der Waals surface area contributed by atoms with Gasteiger partial charge in [-0.1, -0.05) is 80.8 Å². The molecular weight excluding hydrogens is 1180 g/mol. The van der Waals surface area contributed by atoms with E-state index in [2.05, 4.69) is 117 Å². The Morgan fingerprint density at radius 2 is 0.786 bits per heavy atom. The Bertz CT molecular complexity index is 3530. The van der Waals surface area contributed by atoms with E-state index in [1.54, 1.807) is 7.11 Å². The van der Waals surface area contributed by atoms with Crippen molar-refractivity contribution in [3.05, 3.63) is 146 Å². The van der Waals surface area contributed by atoms with Crippen LogP contribution in [-0.2, 0) is 71.5 Å². The van der Waals surface area contributed by atoms with E-state index in [0.29, 0.717) is 6.54 Å². The Balaban J connectivity index is 0.000000326. The number of hydrogen-bond acceptors (Lipinski definition) is 21. The summed E-state index contributed by atoms with van der Waals surface area (Å²) in [5.74, 6) is 6.03. The quantitative estimate of drug-likeness (QED) is 0.0111. The zero-order valence-electron chi connectivity index (χ0n) is 47.3. The fraction of sp³-hybridized carbons (Fsp3) is 0.291. The van der Waals surface area contributed by atoms with Gasteiger partial charge in [-0.25, -0.2) is 44.2 Å². The number of nitrogens with two attached hydrogens (primary N) is 1. The summed E-state index contributed by atoms with van der Waals surface area (Å²) in [4.78, 5) is 0. The number of anilines is 2. The highest BCUT2D eigenvalue weighted by Gasteiger charge is 2.21. The Hall–Kier alpha value is -7.32. The van der Waals surface area contributed by atoms with Crippen molar-refractivity contribution in [2.75, 3.05) is 68.9 Å². The van der Waals surface area contributed by atoms with E-state index in [1.807, 2.05) is 182 Å². The third-order valence-electron chi connectivity index (χ3n) is 11.8. The van der Waals surface area contributed by atoms with Gasteiger partial charge in [-0.05, 0) is 109 Å². The fourth-order valence-corrected chi connectivity index (χ4v) is 9.47. The number of ether oxygens (including phenoxy) is 1. The highest BCUT2D eigenvalue weighted by molar-refractivity contribution is 8.76. The van der Waals surface area contributed by atoms with Gasteiger partial charge in [-0.3, -0.25) is 8.37 Å². The lowest BCUT2D eigenvalue weighted by atomic mass is 10.3. The lowest BCUT2D eigenvalue weighted by molar-refractivity contribution is -0.632. The number of aromatic nitrogens is 6. The topological polar surface area (TPSA) is 293 Å². The molecule has 0 aliphatic heterocycles. The smallest absolute Gasteiger partial charge is 0.422 e. The Morgan fingerprint density at radius 3 is 1.04 bits per heavy atom. The van der Waals surface area contributed by atoms with Crippen molar-refractivity contribution in [1.82, 2.24) is 13.7 Å². The minimum Gasteiger partial charge on any atom is -0.726 e. The first-order chi connectivity index (χ1) is 39.7. The number of methoxy groups -OCH3 is 1. The van der Waals surface area contributed by atoms with Crippen LogP contribution >= 0.6 is 34.2 Å². The number of hydrogen-bond donors (Lipinski definition) is 4. The summed E-state index contributed by atoms with van der Waals surface area (Å²) in [7, 11) is 10.2. The largest absolute Gasteiger partial charge is 0.726 e. The van der Waals surface area contributed by atoms with Crippen LogP contribution in [0.2, 0.25) is 0 Å². The fourth-order valence-electron chi connectivity index (χ4n) is 7.66. The minimum absolute atomic E-state index is 0. The number of benzene rings is 6. The highest BCUT2D eigenvalue weighted by Crippen LogP contribution is 2.26. The second kappa shape index (κ2) is 34.5. The number of para-hydroxylation sites is 6. The normalized spacial score (nSPS) is 11.3. The van der Waals surface area contributed by atoms with Gasteiger partial charge in [0.1, 0.15) is 55.9 Å². The molecule has 3 aromatic heterocycles. The van der Waals surface area contributed by atoms with E-state index >= 15 is 0 Å². The molecule has 0 bridgehead atoms. The lowest BCUT2D eigenvalue weighted by Gasteiger charge is -2.07. The van der Waals surface area contributed by atoms with Crippen LogP contribution in [0.3, 0.4) is 0 Å². The van der Waals surface area contributed by atoms with Gasteiger partial charge in [0.25, 0.3) is 0 Å². The van der Waals surface area contributed by atoms with E-state index < -0.39 is 20.8 Å². The van der Waals surface area contributed by atoms with Crippen LogP contribution in [-0.4, -0.2) is 97.9 Å². The average molecular weight is 1250 g/mol. The second-order valence-corrected chi connectivity index (χ2v) is 22.7. The number of rotatable bonds is 19. The average Bonchev–Trinajstić information content (AvgIpc) is 3.21. The first-order valence-electron chi connectivity index (χ1n) is 25.2. The summed E-state index contributed by atoms with van der Waals surface area (Å²) in [6.45, 7) is 2.47. The Kier molecular flexibility index (Phi) is 28.4. The predicted octanol–water partition coefficient (Wildman–Crippen LogP) is 10.2. The Labute approximate surface area is 504 Å². The Morgan fingerprint density at radius 1 is 0.512 bits per heavy atom. The van der Waals surface area contributed by atoms with Crippen LogP contribution in [0, 0.1) is 0 Å². The molecular formula is C55H72N15O9S5+. The summed E-state index contributed by atoms with van der Waals surface area (Å²) in [6, 6.07) is 48.3. The molecule has 6 aromatic carbocycles. The van der Waals surface area contributed by atoms with Gasteiger partial charge >= 0.3 is 17.8 Å². The number of fused-ring (bicyclic) bond motifs is 3. The molecule has 29 heteroatoms. The molecule has 9 aromatic rings. The number of azo groups is 3. The molecule has 84 heavy (non-hydrogen) atoms. The zero-order valence-corrected chi connectivity index (χ0v) is 51.5. The third-order valence-corrected chi connectivity index (χ3v) is 15.3. The first kappa shape index (κ1) is 69.2. The summed E-state index contributed by atoms with van der Waals surface area (Å²) >= 11 is 3.80. The molecule has 0 unspecified atom stereocenters. The van der Waals surface area contributed by atoms with E-state index in [-0.39, 0.29) is 7.43 Å². The van der Waals surface area contributed by atoms with E-state index in [1.165, 1.54) is 0 Å². The van der Waals surface area contributed by atoms with Crippen LogP contribution in [0.25, 0.3) is 33.1 Å². The highest BCUT2D eigenvalue weighted by atomic mass is 33.1. The van der Waals surface area contributed by atoms with E-state index in [0.717, 1.165) is 130 Å². The molecule has 0 radical (unpaired) electrons. The summed E-state index contributed by atoms with van der Waals surface area (Å²) in [6.07, 6.45) is 0. The second-order valence-electron chi connectivity index (χ2n) is 17.3. The van der Waals surface area contributed by atoms with E-state index in [9.17, 15) is 25.9 Å². The van der Waals surface area contributed by atoms with Gasteiger partial charge in [-0.15, -0.1) is 0 Å². The first-order valence-corrected chi connectivity index (χ1v) is 31.0. The van der Waals surface area contributed by atoms with Crippen molar-refractivity contribution < 1.29 is 52.7 Å². The van der Waals surface area contributed by atoms with Crippen LogP contribution < -0.4 is 34.8 Å². The molecule has 0 aliphatic carbocycles. The summed E-state index contributed by atoms with van der Waals surface area (Å²) in [5.41, 5.74) is 16.3. The van der Waals surface area contributed by atoms with Crippen LogP contribution in [0.5, 0.6) is 5.75 Å². The monoisotopic (exact) mass is 1250 g/mol. The molecule has 0 saturated carbocycles. The summed E-state index contributed by atoms with van der Waals surface area (Å²) < 4.78 is 79.5. The van der Waals surface area contributed by atoms with Gasteiger partial charge in [0.2, 0.25) is 20.8 Å². The maximum Gasteiger partial charge on any atom is 0.422 e. The van der Waals surface area contributed by atoms with Crippen LogP contribution in [0.4, 0.5) is 46.3 Å². The third kappa shape index (κ3) is 21.1. The molecule has 0 amide bonds. The standard InChI is InChI=1S/C34H36N10S2.C16H17N4O.C2H7NS.2CH4O4S.CH4/c1-41-29-9-5-6-10-30(29)42(2)33(41)39-37-27-17-13-25(14-18-27)35-21-23-45-46-24-22-36-26-15-19-28(20-16-26)38-40-34-43(3)31-11-7-8-12-32(31)44(34)4;1-19-14-6-4-5-7-15(14)20(2)16(19)18-17-12-8-10-13(21-3)11-9-12;3-1-2-4;2*1-5-6(2,3)4;/h5-20H,21-24H2,1-4H3;4-11H,1-3H3;4H,1-3H2;2*1H3,(H,2,3,4);1H4/q;+1;;;;. The van der Waals surface area contributed by atoms with Gasteiger partial charge in [0.05, 0.1) is 63.6 Å². The minimum atomic E-state index is -4.41. The number of aryl methyl sites for hydroxylation is 6. The molecule has 450 valence electrons. The molecule has 9 rings (SSSR count). The number of nitrogens with one attached hydrogen (secondary N) is 2. The zero-order chi connectivity index (χ0) is 60.5. The molecule has 3 heterocycles. The van der Waals surface area contributed by atoms with Crippen molar-refractivity contribution >= 4 is 134 Å². The van der Waals surface area contributed by atoms with Crippen molar-refractivity contribution in [3.8, 4) is 5.75 Å². The molecule has 0 aliphatic rings. The van der Waals surface area contributed by atoms with Gasteiger partial charge in [-0.2, -0.15) is 12.6 Å². The molecule has 0 fully saturated rings.